The summed E-state index contributed by atoms with van der Waals surface area (Å²) in [6.07, 6.45) is 1.81. The second-order valence-corrected chi connectivity index (χ2v) is 9.34. The highest BCUT2D eigenvalue weighted by Gasteiger charge is 2.28. The van der Waals surface area contributed by atoms with Crippen LogP contribution >= 0.6 is 11.3 Å². The zero-order valence-corrected chi connectivity index (χ0v) is 16.4. The fraction of sp³-hybridized carbons (Fsp3) is 0.444. The van der Waals surface area contributed by atoms with Gasteiger partial charge in [-0.2, -0.15) is 0 Å². The van der Waals surface area contributed by atoms with Gasteiger partial charge in [0.2, 0.25) is 5.91 Å². The maximum absolute atomic E-state index is 12.5. The summed E-state index contributed by atoms with van der Waals surface area (Å²) in [4.78, 5) is 16.6. The zero-order valence-electron chi connectivity index (χ0n) is 14.8. The number of aromatic nitrogens is 1. The van der Waals surface area contributed by atoms with Crippen molar-refractivity contribution in [2.24, 2.45) is 0 Å². The molecule has 1 aromatic heterocycles. The van der Waals surface area contributed by atoms with Crippen molar-refractivity contribution in [2.45, 2.75) is 51.2 Å². The van der Waals surface area contributed by atoms with Crippen LogP contribution in [0.2, 0.25) is 0 Å². The van der Waals surface area contributed by atoms with Crippen LogP contribution in [0.1, 0.15) is 42.1 Å². The van der Waals surface area contributed by atoms with E-state index >= 15 is 0 Å². The molecule has 1 N–H and O–H groups in total. The molecule has 1 amide bonds. The molecular formula is C18H24N2O3S2. The van der Waals surface area contributed by atoms with Crippen molar-refractivity contribution in [3.8, 4) is 0 Å². The summed E-state index contributed by atoms with van der Waals surface area (Å²) in [5.74, 6) is -0.682. The first-order valence-electron chi connectivity index (χ1n) is 8.30. The van der Waals surface area contributed by atoms with Gasteiger partial charge in [-0.15, -0.1) is 11.3 Å². The van der Waals surface area contributed by atoms with Crippen LogP contribution in [0.5, 0.6) is 0 Å². The third-order valence-electron chi connectivity index (χ3n) is 4.03. The Balaban J connectivity index is 1.97. The Kier molecular flexibility index (Phi) is 6.72. The van der Waals surface area contributed by atoms with E-state index in [9.17, 15) is 13.2 Å². The van der Waals surface area contributed by atoms with Crippen LogP contribution in [0, 0.1) is 6.92 Å². The number of hydrogen-bond acceptors (Lipinski definition) is 5. The van der Waals surface area contributed by atoms with Crippen molar-refractivity contribution >= 4 is 27.1 Å². The first-order valence-corrected chi connectivity index (χ1v) is 10.9. The maximum Gasteiger partial charge on any atom is 0.238 e. The summed E-state index contributed by atoms with van der Waals surface area (Å²) >= 11 is 1.47. The average molecular weight is 381 g/mol. The molecule has 25 heavy (non-hydrogen) atoms. The molecular weight excluding hydrogens is 356 g/mol. The number of nitrogens with zero attached hydrogens (tertiary/aromatic N) is 1. The standard InChI is InChI=1S/C18H24N2O3S2/c1-4-7-17-20-16(11-24-17)12-25(22,23)14(3)18(21)19-10-15-9-6-5-8-13(15)2/h5-6,8-9,11,14H,4,7,10,12H2,1-3H3,(H,19,21). The van der Waals surface area contributed by atoms with Crippen LogP contribution in [0.25, 0.3) is 0 Å². The summed E-state index contributed by atoms with van der Waals surface area (Å²) in [5.41, 5.74) is 2.56. The Morgan fingerprint density at radius 2 is 2.04 bits per heavy atom. The SMILES string of the molecule is CCCc1nc(CS(=O)(=O)C(C)C(=O)NCc2ccccc2C)cs1. The van der Waals surface area contributed by atoms with Gasteiger partial charge >= 0.3 is 0 Å². The van der Waals surface area contributed by atoms with Crippen LogP contribution in [-0.2, 0) is 33.4 Å². The van der Waals surface area contributed by atoms with Gasteiger partial charge in [0.05, 0.1) is 16.5 Å². The minimum atomic E-state index is -3.60. The van der Waals surface area contributed by atoms with Gasteiger partial charge < -0.3 is 5.32 Å². The average Bonchev–Trinajstić information content (AvgIpc) is 2.99. The fourth-order valence-corrected chi connectivity index (χ4v) is 4.60. The summed E-state index contributed by atoms with van der Waals surface area (Å²) in [6.45, 7) is 5.76. The molecule has 0 saturated heterocycles. The van der Waals surface area contributed by atoms with Gasteiger partial charge in [0.15, 0.2) is 9.84 Å². The molecule has 7 heteroatoms. The molecule has 0 aliphatic carbocycles. The lowest BCUT2D eigenvalue weighted by molar-refractivity contribution is -0.120. The second kappa shape index (κ2) is 8.58. The number of benzene rings is 1. The van der Waals surface area contributed by atoms with E-state index in [0.29, 0.717) is 12.2 Å². The molecule has 1 atom stereocenters. The van der Waals surface area contributed by atoms with Gasteiger partial charge in [-0.1, -0.05) is 31.2 Å². The van der Waals surface area contributed by atoms with Gasteiger partial charge in [0.1, 0.15) is 5.25 Å². The number of carbonyl (C=O) groups excluding carboxylic acids is 1. The van der Waals surface area contributed by atoms with E-state index < -0.39 is 21.0 Å². The van der Waals surface area contributed by atoms with E-state index in [-0.39, 0.29) is 5.75 Å². The highest BCUT2D eigenvalue weighted by Crippen LogP contribution is 2.16. The molecule has 1 unspecified atom stereocenters. The molecule has 1 heterocycles. The molecule has 0 bridgehead atoms. The van der Waals surface area contributed by atoms with Gasteiger partial charge in [-0.25, -0.2) is 13.4 Å². The molecule has 0 aliphatic rings. The molecule has 5 nitrogen and oxygen atoms in total. The maximum atomic E-state index is 12.5. The predicted molar refractivity (Wildman–Crippen MR) is 101 cm³/mol. The van der Waals surface area contributed by atoms with Crippen LogP contribution in [-0.4, -0.2) is 24.6 Å². The Labute approximate surface area is 153 Å². The summed E-state index contributed by atoms with van der Waals surface area (Å²) < 4.78 is 25.0. The predicted octanol–water partition coefficient (Wildman–Crippen LogP) is 3.02. The summed E-state index contributed by atoms with van der Waals surface area (Å²) in [7, 11) is -3.60. The van der Waals surface area contributed by atoms with Gasteiger partial charge in [-0.05, 0) is 37.8 Å². The lowest BCUT2D eigenvalue weighted by Gasteiger charge is -2.13. The Morgan fingerprint density at radius 1 is 1.32 bits per heavy atom. The van der Waals surface area contributed by atoms with E-state index in [1.807, 2.05) is 31.2 Å². The number of sulfone groups is 1. The van der Waals surface area contributed by atoms with Crippen molar-refractivity contribution in [3.63, 3.8) is 0 Å². The number of hydrogen-bond donors (Lipinski definition) is 1. The molecule has 0 radical (unpaired) electrons. The van der Waals surface area contributed by atoms with Crippen molar-refractivity contribution in [1.82, 2.24) is 10.3 Å². The quantitative estimate of drug-likeness (QED) is 0.764. The summed E-state index contributed by atoms with van der Waals surface area (Å²) in [5, 5.41) is 4.32. The van der Waals surface area contributed by atoms with Crippen molar-refractivity contribution in [2.75, 3.05) is 0 Å². The minimum Gasteiger partial charge on any atom is -0.351 e. The fourth-order valence-electron chi connectivity index (χ4n) is 2.37. The third kappa shape index (κ3) is 5.37. The van der Waals surface area contributed by atoms with E-state index in [1.165, 1.54) is 18.3 Å². The van der Waals surface area contributed by atoms with Gasteiger partial charge in [0, 0.05) is 11.9 Å². The number of rotatable bonds is 8. The number of nitrogens with one attached hydrogen (secondary N) is 1. The first kappa shape index (κ1) is 19.6. The molecule has 0 saturated carbocycles. The zero-order chi connectivity index (χ0) is 18.4. The van der Waals surface area contributed by atoms with Crippen LogP contribution in [0.4, 0.5) is 0 Å². The van der Waals surface area contributed by atoms with Crippen LogP contribution < -0.4 is 5.32 Å². The molecule has 2 aromatic rings. The molecule has 0 spiro atoms. The van der Waals surface area contributed by atoms with Crippen LogP contribution in [0.15, 0.2) is 29.6 Å². The van der Waals surface area contributed by atoms with Gasteiger partial charge in [-0.3, -0.25) is 4.79 Å². The van der Waals surface area contributed by atoms with E-state index in [4.69, 9.17) is 0 Å². The molecule has 2 rings (SSSR count). The lowest BCUT2D eigenvalue weighted by atomic mass is 10.1. The second-order valence-electron chi connectivity index (χ2n) is 6.08. The topological polar surface area (TPSA) is 76.1 Å². The van der Waals surface area contributed by atoms with E-state index in [0.717, 1.165) is 29.0 Å². The first-order chi connectivity index (χ1) is 11.8. The van der Waals surface area contributed by atoms with Crippen molar-refractivity contribution < 1.29 is 13.2 Å². The molecule has 0 aliphatic heterocycles. The van der Waals surface area contributed by atoms with Crippen LogP contribution in [0.3, 0.4) is 0 Å². The largest absolute Gasteiger partial charge is 0.351 e. The molecule has 136 valence electrons. The Morgan fingerprint density at radius 3 is 2.72 bits per heavy atom. The summed E-state index contributed by atoms with van der Waals surface area (Å²) in [6, 6.07) is 7.69. The van der Waals surface area contributed by atoms with Crippen molar-refractivity contribution in [1.29, 1.82) is 0 Å². The lowest BCUT2D eigenvalue weighted by Crippen LogP contribution is -2.38. The minimum absolute atomic E-state index is 0.202. The van der Waals surface area contributed by atoms with E-state index in [2.05, 4.69) is 17.2 Å². The van der Waals surface area contributed by atoms with Crippen molar-refractivity contribution in [3.05, 3.63) is 51.5 Å². The smallest absolute Gasteiger partial charge is 0.238 e. The molecule has 1 aromatic carbocycles. The highest BCUT2D eigenvalue weighted by molar-refractivity contribution is 7.92. The van der Waals surface area contributed by atoms with E-state index in [1.54, 1.807) is 5.38 Å². The third-order valence-corrected chi connectivity index (χ3v) is 6.98. The number of amides is 1. The Hall–Kier alpha value is -1.73. The molecule has 0 fully saturated rings. The monoisotopic (exact) mass is 380 g/mol. The normalized spacial score (nSPS) is 12.8. The number of carbonyl (C=O) groups is 1. The Bertz CT molecular complexity index is 828. The number of aryl methyl sites for hydroxylation is 2. The number of thiazole rings is 1. The highest BCUT2D eigenvalue weighted by atomic mass is 32.2. The van der Waals surface area contributed by atoms with Gasteiger partial charge in [0.25, 0.3) is 0 Å².